The Morgan fingerprint density at radius 3 is 2.43 bits per heavy atom. The highest BCUT2D eigenvalue weighted by molar-refractivity contribution is 7.92. The molecule has 1 amide bonds. The zero-order valence-electron chi connectivity index (χ0n) is 23.1. The van der Waals surface area contributed by atoms with Gasteiger partial charge in [-0.3, -0.25) is 13.9 Å². The predicted molar refractivity (Wildman–Crippen MR) is 155 cm³/mol. The first-order valence-electron chi connectivity index (χ1n) is 13.5. The van der Waals surface area contributed by atoms with Crippen LogP contribution in [0.2, 0.25) is 0 Å². The molecule has 1 atom stereocenters. The Morgan fingerprint density at radius 1 is 1.07 bits per heavy atom. The molecule has 4 aromatic rings. The van der Waals surface area contributed by atoms with Gasteiger partial charge in [0.1, 0.15) is 30.0 Å². The Morgan fingerprint density at radius 2 is 1.81 bits per heavy atom. The smallest absolute Gasteiger partial charge is 0.253 e. The Hall–Kier alpha value is -4.12. The molecule has 1 aliphatic rings. The van der Waals surface area contributed by atoms with Gasteiger partial charge in [0, 0.05) is 41.1 Å². The van der Waals surface area contributed by atoms with Crippen LogP contribution in [0.25, 0.3) is 33.4 Å². The summed E-state index contributed by atoms with van der Waals surface area (Å²) in [6.07, 6.45) is 0.243. The van der Waals surface area contributed by atoms with Gasteiger partial charge in [-0.1, -0.05) is 19.1 Å². The lowest BCUT2D eigenvalue weighted by Gasteiger charge is -2.24. The zero-order valence-corrected chi connectivity index (χ0v) is 23.9. The van der Waals surface area contributed by atoms with E-state index in [0.717, 1.165) is 10.6 Å². The fourth-order valence-electron chi connectivity index (χ4n) is 5.27. The molecule has 0 spiro atoms. The molecule has 3 aromatic carbocycles. The molecule has 42 heavy (non-hydrogen) atoms. The number of anilines is 1. The molecule has 2 heterocycles. The fraction of sp³-hybridized carbons (Fsp3) is 0.290. The highest BCUT2D eigenvalue weighted by Gasteiger charge is 2.29. The average Bonchev–Trinajstić information content (AvgIpc) is 3.57. The molecular formula is C31H29F3N2O5S. The molecule has 1 saturated heterocycles. The van der Waals surface area contributed by atoms with Crippen LogP contribution >= 0.6 is 0 Å². The largest absolute Gasteiger partial charge is 0.455 e. The van der Waals surface area contributed by atoms with Crippen molar-refractivity contribution >= 4 is 38.4 Å². The highest BCUT2D eigenvalue weighted by Crippen LogP contribution is 2.42. The topological polar surface area (TPSA) is 87.9 Å². The number of furan rings is 1. The van der Waals surface area contributed by atoms with Crippen molar-refractivity contribution in [1.29, 1.82) is 0 Å². The number of carbonyl (C=O) groups is 2. The second-order valence-electron chi connectivity index (χ2n) is 10.2. The lowest BCUT2D eigenvalue weighted by molar-refractivity contribution is 0.0782. The first-order valence-corrected chi connectivity index (χ1v) is 15.3. The highest BCUT2D eigenvalue weighted by atomic mass is 32.2. The molecule has 0 bridgehead atoms. The van der Waals surface area contributed by atoms with Crippen molar-refractivity contribution in [3.05, 3.63) is 77.6 Å². The number of benzene rings is 3. The summed E-state index contributed by atoms with van der Waals surface area (Å²) in [6, 6.07) is 14.9. The van der Waals surface area contributed by atoms with E-state index in [1.165, 1.54) is 35.2 Å². The number of likely N-dealkylation sites (tertiary alicyclic amines) is 1. The normalized spacial score (nSPS) is 15.4. The summed E-state index contributed by atoms with van der Waals surface area (Å²) in [5.41, 5.74) is 1.97. The number of rotatable bonds is 9. The second-order valence-corrected chi connectivity index (χ2v) is 12.1. The van der Waals surface area contributed by atoms with E-state index < -0.39 is 35.2 Å². The number of hydrogen-bond acceptors (Lipinski definition) is 5. The Balaban J connectivity index is 1.76. The van der Waals surface area contributed by atoms with Crippen LogP contribution in [0.1, 0.15) is 40.5 Å². The van der Waals surface area contributed by atoms with Crippen LogP contribution in [0.15, 0.2) is 65.1 Å². The van der Waals surface area contributed by atoms with Crippen molar-refractivity contribution in [3.8, 4) is 22.5 Å². The lowest BCUT2D eigenvalue weighted by Crippen LogP contribution is -2.32. The second kappa shape index (κ2) is 11.6. The van der Waals surface area contributed by atoms with Crippen molar-refractivity contribution in [2.45, 2.75) is 25.9 Å². The van der Waals surface area contributed by atoms with Gasteiger partial charge in [0.05, 0.1) is 30.6 Å². The average molecular weight is 599 g/mol. The molecule has 7 nitrogen and oxygen atoms in total. The van der Waals surface area contributed by atoms with Gasteiger partial charge in [-0.05, 0) is 54.4 Å². The Kier molecular flexibility index (Phi) is 8.14. The maximum atomic E-state index is 13.8. The number of halogens is 3. The van der Waals surface area contributed by atoms with Gasteiger partial charge in [-0.25, -0.2) is 21.6 Å². The van der Waals surface area contributed by atoms with E-state index >= 15 is 0 Å². The molecule has 0 radical (unpaired) electrons. The maximum absolute atomic E-state index is 13.8. The van der Waals surface area contributed by atoms with Crippen LogP contribution in [0.4, 0.5) is 18.9 Å². The van der Waals surface area contributed by atoms with Crippen molar-refractivity contribution in [2.75, 3.05) is 36.9 Å². The molecule has 0 aliphatic carbocycles. The van der Waals surface area contributed by atoms with Crippen LogP contribution in [0.3, 0.4) is 0 Å². The number of fused-ring (bicyclic) bond motifs is 1. The van der Waals surface area contributed by atoms with Crippen molar-refractivity contribution in [3.63, 3.8) is 0 Å². The molecule has 11 heteroatoms. The number of amides is 1. The standard InChI is InChI=1S/C31H29F3N2O5S/c1-3-27(37)29-25-16-24(20-5-4-6-21(15-20)31(38)35-13-11-23(34)18-35)26(36(14-12-32)42(2,39)40)17-28(25)41-30(29)19-7-9-22(33)10-8-19/h4-10,15-17,23H,3,11-14,18H2,1-2H3/t23-/m1/s1. The predicted octanol–water partition coefficient (Wildman–Crippen LogP) is 6.42. The first-order chi connectivity index (χ1) is 20.0. The molecule has 0 unspecified atom stereocenters. The Labute approximate surface area is 241 Å². The van der Waals surface area contributed by atoms with Crippen LogP contribution in [-0.2, 0) is 10.0 Å². The van der Waals surface area contributed by atoms with E-state index in [1.807, 2.05) is 0 Å². The fourth-order valence-corrected chi connectivity index (χ4v) is 6.18. The van der Waals surface area contributed by atoms with E-state index in [0.29, 0.717) is 22.1 Å². The molecule has 1 fully saturated rings. The van der Waals surface area contributed by atoms with E-state index in [2.05, 4.69) is 0 Å². The summed E-state index contributed by atoms with van der Waals surface area (Å²) >= 11 is 0. The van der Waals surface area contributed by atoms with Crippen LogP contribution in [-0.4, -0.2) is 63.7 Å². The van der Waals surface area contributed by atoms with E-state index in [4.69, 9.17) is 4.42 Å². The molecule has 5 rings (SSSR count). The van der Waals surface area contributed by atoms with Gasteiger partial charge < -0.3 is 9.32 Å². The van der Waals surface area contributed by atoms with Gasteiger partial charge >= 0.3 is 0 Å². The minimum Gasteiger partial charge on any atom is -0.455 e. The van der Waals surface area contributed by atoms with Crippen molar-refractivity contribution in [1.82, 2.24) is 4.90 Å². The number of Topliss-reactive ketones (excluding diaryl/α,β-unsaturated/α-hetero) is 1. The van der Waals surface area contributed by atoms with Gasteiger partial charge in [0.15, 0.2) is 5.78 Å². The molecule has 1 aliphatic heterocycles. The van der Waals surface area contributed by atoms with Crippen LogP contribution in [0.5, 0.6) is 0 Å². The summed E-state index contributed by atoms with van der Waals surface area (Å²) < 4.78 is 73.8. The Bertz CT molecular complexity index is 1770. The first kappa shape index (κ1) is 29.4. The minimum absolute atomic E-state index is 0.0116. The van der Waals surface area contributed by atoms with Gasteiger partial charge in [0.2, 0.25) is 10.0 Å². The maximum Gasteiger partial charge on any atom is 0.253 e. The van der Waals surface area contributed by atoms with Crippen LogP contribution in [0, 0.1) is 5.82 Å². The number of ketones is 1. The van der Waals surface area contributed by atoms with Crippen molar-refractivity contribution < 1.29 is 35.6 Å². The van der Waals surface area contributed by atoms with E-state index in [-0.39, 0.29) is 65.8 Å². The van der Waals surface area contributed by atoms with Gasteiger partial charge in [0.25, 0.3) is 5.91 Å². The number of hydrogen-bond donors (Lipinski definition) is 0. The van der Waals surface area contributed by atoms with Gasteiger partial charge in [-0.2, -0.15) is 0 Å². The number of sulfonamides is 1. The number of alkyl halides is 2. The lowest BCUT2D eigenvalue weighted by atomic mass is 9.95. The van der Waals surface area contributed by atoms with Crippen molar-refractivity contribution in [2.24, 2.45) is 0 Å². The molecular weight excluding hydrogens is 569 g/mol. The van der Waals surface area contributed by atoms with Gasteiger partial charge in [-0.15, -0.1) is 0 Å². The minimum atomic E-state index is -3.98. The molecule has 0 saturated carbocycles. The third kappa shape index (κ3) is 5.65. The quantitative estimate of drug-likeness (QED) is 0.208. The van der Waals surface area contributed by atoms with Crippen LogP contribution < -0.4 is 4.31 Å². The number of carbonyl (C=O) groups excluding carboxylic acids is 2. The third-order valence-electron chi connectivity index (χ3n) is 7.31. The third-order valence-corrected chi connectivity index (χ3v) is 8.49. The summed E-state index contributed by atoms with van der Waals surface area (Å²) in [5, 5.41) is 0.380. The summed E-state index contributed by atoms with van der Waals surface area (Å²) in [5.74, 6) is -0.903. The summed E-state index contributed by atoms with van der Waals surface area (Å²) in [7, 11) is -3.98. The monoisotopic (exact) mass is 598 g/mol. The van der Waals surface area contributed by atoms with E-state index in [1.54, 1.807) is 37.3 Å². The number of nitrogens with zero attached hydrogens (tertiary/aromatic N) is 2. The SMILES string of the molecule is CCC(=O)c1c(-c2ccc(F)cc2)oc2cc(N(CCF)S(C)(=O)=O)c(-c3cccc(C(=O)N4CC[C@@H](F)C4)c3)cc12. The summed E-state index contributed by atoms with van der Waals surface area (Å²) in [6.45, 7) is 0.508. The van der Waals surface area contributed by atoms with E-state index in [9.17, 15) is 31.2 Å². The molecule has 1 aromatic heterocycles. The molecule has 0 N–H and O–H groups in total. The zero-order chi connectivity index (χ0) is 30.2. The molecule has 220 valence electrons. The summed E-state index contributed by atoms with van der Waals surface area (Å²) in [4.78, 5) is 27.8.